The Morgan fingerprint density at radius 1 is 1.40 bits per heavy atom. The Balaban J connectivity index is 1.93. The molecule has 4 nitrogen and oxygen atoms in total. The second-order valence-electron chi connectivity index (χ2n) is 6.77. The number of nitriles is 1. The fourth-order valence-electron chi connectivity index (χ4n) is 3.73. The average Bonchev–Trinajstić information content (AvgIpc) is 2.90. The lowest BCUT2D eigenvalue weighted by atomic mass is 9.97. The summed E-state index contributed by atoms with van der Waals surface area (Å²) in [5.74, 6) is 0. The molecular formula is C16H30N4. The summed E-state index contributed by atoms with van der Waals surface area (Å²) in [6.45, 7) is 5.51. The Morgan fingerprint density at radius 3 is 2.85 bits per heavy atom. The van der Waals surface area contributed by atoms with Gasteiger partial charge in [-0.2, -0.15) is 5.26 Å². The molecule has 0 aromatic carbocycles. The molecule has 0 spiro atoms. The van der Waals surface area contributed by atoms with Crippen LogP contribution >= 0.6 is 0 Å². The summed E-state index contributed by atoms with van der Waals surface area (Å²) < 4.78 is 0. The minimum absolute atomic E-state index is 0.258. The van der Waals surface area contributed by atoms with Crippen molar-refractivity contribution in [1.82, 2.24) is 15.1 Å². The zero-order valence-electron chi connectivity index (χ0n) is 13.4. The molecule has 0 bridgehead atoms. The Morgan fingerprint density at radius 2 is 2.20 bits per heavy atom. The topological polar surface area (TPSA) is 42.3 Å². The van der Waals surface area contributed by atoms with Gasteiger partial charge in [-0.15, -0.1) is 0 Å². The van der Waals surface area contributed by atoms with Crippen LogP contribution in [-0.4, -0.2) is 61.2 Å². The minimum Gasteiger partial charge on any atom is -0.305 e. The number of piperidine rings is 1. The van der Waals surface area contributed by atoms with E-state index in [0.717, 1.165) is 25.8 Å². The third-order valence-electron chi connectivity index (χ3n) is 5.09. The predicted octanol–water partition coefficient (Wildman–Crippen LogP) is 1.83. The molecule has 4 heteroatoms. The van der Waals surface area contributed by atoms with E-state index in [4.69, 9.17) is 0 Å². The van der Waals surface area contributed by atoms with Crippen LogP contribution in [0.15, 0.2) is 0 Å². The average molecular weight is 278 g/mol. The van der Waals surface area contributed by atoms with Crippen LogP contribution in [-0.2, 0) is 0 Å². The largest absolute Gasteiger partial charge is 0.305 e. The SMILES string of the molecule is CCCNC1(C#N)CCC(N2CCCC(N(C)C)C2)C1. The van der Waals surface area contributed by atoms with Gasteiger partial charge in [-0.05, 0) is 65.7 Å². The maximum Gasteiger partial charge on any atom is 0.108 e. The van der Waals surface area contributed by atoms with E-state index in [-0.39, 0.29) is 5.54 Å². The smallest absolute Gasteiger partial charge is 0.108 e. The van der Waals surface area contributed by atoms with Gasteiger partial charge in [-0.25, -0.2) is 0 Å². The van der Waals surface area contributed by atoms with Crippen LogP contribution < -0.4 is 5.32 Å². The van der Waals surface area contributed by atoms with E-state index < -0.39 is 0 Å². The van der Waals surface area contributed by atoms with Gasteiger partial charge in [0.1, 0.15) is 5.54 Å². The van der Waals surface area contributed by atoms with E-state index in [9.17, 15) is 5.26 Å². The fourth-order valence-corrected chi connectivity index (χ4v) is 3.73. The van der Waals surface area contributed by atoms with Gasteiger partial charge in [-0.3, -0.25) is 10.2 Å². The second kappa shape index (κ2) is 6.89. The maximum absolute atomic E-state index is 9.56. The first-order chi connectivity index (χ1) is 9.60. The lowest BCUT2D eigenvalue weighted by molar-refractivity contribution is 0.0955. The first kappa shape index (κ1) is 15.8. The predicted molar refractivity (Wildman–Crippen MR) is 82.6 cm³/mol. The molecule has 1 N–H and O–H groups in total. The van der Waals surface area contributed by atoms with Crippen molar-refractivity contribution in [3.63, 3.8) is 0 Å². The van der Waals surface area contributed by atoms with E-state index in [1.165, 1.54) is 32.4 Å². The van der Waals surface area contributed by atoms with Gasteiger partial charge in [0.05, 0.1) is 6.07 Å². The molecule has 1 saturated carbocycles. The summed E-state index contributed by atoms with van der Waals surface area (Å²) in [6.07, 6.45) is 6.89. The van der Waals surface area contributed by atoms with Crippen molar-refractivity contribution in [2.75, 3.05) is 33.7 Å². The zero-order valence-corrected chi connectivity index (χ0v) is 13.4. The number of likely N-dealkylation sites (N-methyl/N-ethyl adjacent to an activating group) is 1. The highest BCUT2D eigenvalue weighted by Crippen LogP contribution is 2.34. The maximum atomic E-state index is 9.56. The Labute approximate surface area is 124 Å². The molecule has 0 aromatic rings. The molecule has 114 valence electrons. The van der Waals surface area contributed by atoms with Crippen molar-refractivity contribution in [3.8, 4) is 6.07 Å². The number of likely N-dealkylation sites (tertiary alicyclic amines) is 1. The highest BCUT2D eigenvalue weighted by Gasteiger charge is 2.42. The third kappa shape index (κ3) is 3.52. The summed E-state index contributed by atoms with van der Waals surface area (Å²) >= 11 is 0. The molecule has 0 radical (unpaired) electrons. The number of nitrogens with one attached hydrogen (secondary N) is 1. The molecular weight excluding hydrogens is 248 g/mol. The molecule has 1 aliphatic heterocycles. The molecule has 2 aliphatic rings. The van der Waals surface area contributed by atoms with Crippen LogP contribution in [0.3, 0.4) is 0 Å². The molecule has 1 saturated heterocycles. The van der Waals surface area contributed by atoms with Crippen molar-refractivity contribution in [2.45, 2.75) is 63.1 Å². The number of nitrogens with zero attached hydrogens (tertiary/aromatic N) is 3. The Hall–Kier alpha value is -0.630. The second-order valence-corrected chi connectivity index (χ2v) is 6.77. The van der Waals surface area contributed by atoms with Gasteiger partial charge in [-0.1, -0.05) is 6.92 Å². The molecule has 2 fully saturated rings. The van der Waals surface area contributed by atoms with E-state index >= 15 is 0 Å². The molecule has 2 rings (SSSR count). The molecule has 0 aromatic heterocycles. The highest BCUT2D eigenvalue weighted by molar-refractivity contribution is 5.13. The van der Waals surface area contributed by atoms with Crippen LogP contribution in [0, 0.1) is 11.3 Å². The number of hydrogen-bond donors (Lipinski definition) is 1. The van der Waals surface area contributed by atoms with Gasteiger partial charge >= 0.3 is 0 Å². The molecule has 20 heavy (non-hydrogen) atoms. The van der Waals surface area contributed by atoms with Crippen LogP contribution in [0.1, 0.15) is 45.4 Å². The summed E-state index contributed by atoms with van der Waals surface area (Å²) in [5, 5.41) is 13.1. The third-order valence-corrected chi connectivity index (χ3v) is 5.09. The molecule has 1 heterocycles. The monoisotopic (exact) mass is 278 g/mol. The van der Waals surface area contributed by atoms with Crippen molar-refractivity contribution in [2.24, 2.45) is 0 Å². The zero-order chi connectivity index (χ0) is 14.6. The van der Waals surface area contributed by atoms with Crippen molar-refractivity contribution in [1.29, 1.82) is 5.26 Å². The standard InChI is InChI=1S/C16H30N4/c1-4-9-18-16(13-17)8-7-14(11-16)20-10-5-6-15(12-20)19(2)3/h14-15,18H,4-12H2,1-3H3. The van der Waals surface area contributed by atoms with Gasteiger partial charge in [0.15, 0.2) is 0 Å². The summed E-state index contributed by atoms with van der Waals surface area (Å²) in [5.41, 5.74) is -0.258. The van der Waals surface area contributed by atoms with Gasteiger partial charge in [0.2, 0.25) is 0 Å². The van der Waals surface area contributed by atoms with E-state index in [1.807, 2.05) is 0 Å². The lowest BCUT2D eigenvalue weighted by Crippen LogP contribution is -2.50. The van der Waals surface area contributed by atoms with Crippen molar-refractivity contribution >= 4 is 0 Å². The van der Waals surface area contributed by atoms with E-state index in [0.29, 0.717) is 12.1 Å². The lowest BCUT2D eigenvalue weighted by Gasteiger charge is -2.39. The highest BCUT2D eigenvalue weighted by atomic mass is 15.2. The first-order valence-corrected chi connectivity index (χ1v) is 8.17. The van der Waals surface area contributed by atoms with Crippen LogP contribution in [0.4, 0.5) is 0 Å². The Kier molecular flexibility index (Phi) is 5.42. The Bertz CT molecular complexity index is 349. The van der Waals surface area contributed by atoms with Crippen LogP contribution in [0.25, 0.3) is 0 Å². The molecule has 0 amide bonds. The fraction of sp³-hybridized carbons (Fsp3) is 0.938. The molecule has 3 atom stereocenters. The normalized spacial score (nSPS) is 35.4. The minimum atomic E-state index is -0.258. The number of rotatable bonds is 5. The summed E-state index contributed by atoms with van der Waals surface area (Å²) in [7, 11) is 4.37. The van der Waals surface area contributed by atoms with E-state index in [2.05, 4.69) is 42.2 Å². The van der Waals surface area contributed by atoms with Crippen molar-refractivity contribution < 1.29 is 0 Å². The summed E-state index contributed by atoms with van der Waals surface area (Å²) in [4.78, 5) is 4.99. The molecule has 1 aliphatic carbocycles. The van der Waals surface area contributed by atoms with Crippen molar-refractivity contribution in [3.05, 3.63) is 0 Å². The van der Waals surface area contributed by atoms with Crippen LogP contribution in [0.5, 0.6) is 0 Å². The molecule has 3 unspecified atom stereocenters. The van der Waals surface area contributed by atoms with Gasteiger partial charge in [0.25, 0.3) is 0 Å². The number of hydrogen-bond acceptors (Lipinski definition) is 4. The van der Waals surface area contributed by atoms with E-state index in [1.54, 1.807) is 0 Å². The summed E-state index contributed by atoms with van der Waals surface area (Å²) in [6, 6.07) is 3.85. The van der Waals surface area contributed by atoms with Crippen LogP contribution in [0.2, 0.25) is 0 Å². The van der Waals surface area contributed by atoms with Gasteiger partial charge in [0, 0.05) is 18.6 Å². The first-order valence-electron chi connectivity index (χ1n) is 8.17. The van der Waals surface area contributed by atoms with Gasteiger partial charge < -0.3 is 4.90 Å². The quantitative estimate of drug-likeness (QED) is 0.833.